The number of fused-ring (bicyclic) bond motifs is 1. The van der Waals surface area contributed by atoms with Gasteiger partial charge < -0.3 is 20.7 Å². The van der Waals surface area contributed by atoms with Crippen molar-refractivity contribution in [1.82, 2.24) is 9.88 Å². The van der Waals surface area contributed by atoms with Crippen molar-refractivity contribution < 1.29 is 9.53 Å². The van der Waals surface area contributed by atoms with Gasteiger partial charge in [-0.1, -0.05) is 36.4 Å². The molecule has 1 amide bonds. The van der Waals surface area contributed by atoms with Crippen molar-refractivity contribution in [3.63, 3.8) is 0 Å². The van der Waals surface area contributed by atoms with Gasteiger partial charge >= 0.3 is 0 Å². The monoisotopic (exact) mass is 360 g/mol. The van der Waals surface area contributed by atoms with Crippen LogP contribution in [0.2, 0.25) is 0 Å². The molecule has 3 aromatic rings. The predicted octanol–water partition coefficient (Wildman–Crippen LogP) is 3.57. The Kier molecular flexibility index (Phi) is 4.38. The predicted molar refractivity (Wildman–Crippen MR) is 105 cm³/mol. The van der Waals surface area contributed by atoms with E-state index in [2.05, 4.69) is 10.3 Å². The molecule has 6 heteroatoms. The molecule has 1 aliphatic heterocycles. The number of nitrogens with two attached hydrogens (primary N) is 1. The molecule has 0 spiro atoms. The number of aromatic nitrogens is 1. The van der Waals surface area contributed by atoms with Gasteiger partial charge in [0.25, 0.3) is 5.91 Å². The molecule has 3 N–H and O–H groups in total. The molecule has 0 aliphatic carbocycles. The lowest BCUT2D eigenvalue weighted by molar-refractivity contribution is 0.0745. The maximum Gasteiger partial charge on any atom is 0.273 e. The minimum absolute atomic E-state index is 0.137. The molecule has 0 bridgehead atoms. The molecule has 2 heterocycles. The van der Waals surface area contributed by atoms with E-state index in [4.69, 9.17) is 10.5 Å². The first kappa shape index (κ1) is 16.9. The number of carbonyl (C=O) groups excluding carboxylic acids is 1. The van der Waals surface area contributed by atoms with Crippen molar-refractivity contribution in [3.05, 3.63) is 77.5 Å². The topological polar surface area (TPSA) is 80.5 Å². The van der Waals surface area contributed by atoms with Gasteiger partial charge in [0.1, 0.15) is 17.3 Å². The Morgan fingerprint density at radius 3 is 2.44 bits per heavy atom. The van der Waals surface area contributed by atoms with Crippen molar-refractivity contribution in [1.29, 1.82) is 0 Å². The summed E-state index contributed by atoms with van der Waals surface area (Å²) in [5, 5.41) is 3.18. The van der Waals surface area contributed by atoms with E-state index in [1.165, 1.54) is 11.1 Å². The van der Waals surface area contributed by atoms with Crippen molar-refractivity contribution in [3.8, 4) is 5.75 Å². The van der Waals surface area contributed by atoms with Gasteiger partial charge in [-0.05, 0) is 29.3 Å². The fourth-order valence-corrected chi connectivity index (χ4v) is 3.25. The van der Waals surface area contributed by atoms with E-state index in [0.29, 0.717) is 36.0 Å². The summed E-state index contributed by atoms with van der Waals surface area (Å²) in [4.78, 5) is 19.2. The fraction of sp³-hybridized carbons (Fsp3) is 0.143. The first-order chi connectivity index (χ1) is 13.1. The van der Waals surface area contributed by atoms with Crippen LogP contribution in [0, 0.1) is 0 Å². The van der Waals surface area contributed by atoms with Crippen LogP contribution in [-0.2, 0) is 13.1 Å². The Balaban J connectivity index is 1.58. The Bertz CT molecular complexity index is 978. The standard InChI is InChI=1S/C21H20N4O2/c1-27-19-9-5-4-8-17(19)23-20-11-16(22)10-18(24-20)21(26)25-12-14-6-2-3-7-15(14)13-25/h2-11H,12-13H2,1H3,(H3,22,23,24). The largest absolute Gasteiger partial charge is 0.495 e. The first-order valence-electron chi connectivity index (χ1n) is 8.67. The Labute approximate surface area is 157 Å². The molecule has 0 saturated carbocycles. The molecule has 136 valence electrons. The van der Waals surface area contributed by atoms with E-state index >= 15 is 0 Å². The van der Waals surface area contributed by atoms with Crippen LogP contribution in [0.4, 0.5) is 17.2 Å². The van der Waals surface area contributed by atoms with E-state index in [1.807, 2.05) is 48.5 Å². The molecule has 4 rings (SSSR count). The van der Waals surface area contributed by atoms with E-state index in [1.54, 1.807) is 24.1 Å². The number of methoxy groups -OCH3 is 1. The average Bonchev–Trinajstić information content (AvgIpc) is 3.11. The van der Waals surface area contributed by atoms with Gasteiger partial charge in [-0.25, -0.2) is 4.98 Å². The number of nitrogen functional groups attached to an aromatic ring is 1. The highest BCUT2D eigenvalue weighted by Crippen LogP contribution is 2.28. The van der Waals surface area contributed by atoms with Crippen LogP contribution in [0.25, 0.3) is 0 Å². The van der Waals surface area contributed by atoms with Crippen LogP contribution >= 0.6 is 0 Å². The summed E-state index contributed by atoms with van der Waals surface area (Å²) in [7, 11) is 1.60. The zero-order valence-electron chi connectivity index (χ0n) is 15.0. The van der Waals surface area contributed by atoms with Gasteiger partial charge in [0.05, 0.1) is 12.8 Å². The van der Waals surface area contributed by atoms with Gasteiger partial charge in [0.15, 0.2) is 0 Å². The lowest BCUT2D eigenvalue weighted by Gasteiger charge is -2.16. The van der Waals surface area contributed by atoms with Crippen molar-refractivity contribution in [2.24, 2.45) is 0 Å². The molecule has 0 fully saturated rings. The molecule has 0 atom stereocenters. The number of hydrogen-bond donors (Lipinski definition) is 2. The van der Waals surface area contributed by atoms with E-state index in [0.717, 1.165) is 5.69 Å². The normalized spacial score (nSPS) is 12.6. The summed E-state index contributed by atoms with van der Waals surface area (Å²) < 4.78 is 5.35. The Morgan fingerprint density at radius 1 is 1.07 bits per heavy atom. The number of pyridine rings is 1. The van der Waals surface area contributed by atoms with Crippen LogP contribution in [0.15, 0.2) is 60.7 Å². The lowest BCUT2D eigenvalue weighted by Crippen LogP contribution is -2.26. The number of ether oxygens (including phenoxy) is 1. The summed E-state index contributed by atoms with van der Waals surface area (Å²) in [6.07, 6.45) is 0. The summed E-state index contributed by atoms with van der Waals surface area (Å²) in [5.74, 6) is 1.05. The third-order valence-electron chi connectivity index (χ3n) is 4.56. The zero-order chi connectivity index (χ0) is 18.8. The Hall–Kier alpha value is -3.54. The highest BCUT2D eigenvalue weighted by Gasteiger charge is 2.25. The maximum atomic E-state index is 13.0. The molecular weight excluding hydrogens is 340 g/mol. The van der Waals surface area contributed by atoms with E-state index in [-0.39, 0.29) is 5.91 Å². The van der Waals surface area contributed by atoms with E-state index in [9.17, 15) is 4.79 Å². The Morgan fingerprint density at radius 2 is 1.74 bits per heavy atom. The van der Waals surface area contributed by atoms with Gasteiger partial charge in [0.2, 0.25) is 0 Å². The highest BCUT2D eigenvalue weighted by atomic mass is 16.5. The van der Waals surface area contributed by atoms with Crippen LogP contribution in [0.5, 0.6) is 5.75 Å². The molecule has 0 radical (unpaired) electrons. The molecule has 1 aromatic heterocycles. The second-order valence-electron chi connectivity index (χ2n) is 6.43. The molecule has 6 nitrogen and oxygen atoms in total. The number of hydrogen-bond acceptors (Lipinski definition) is 5. The summed E-state index contributed by atoms with van der Waals surface area (Å²) >= 11 is 0. The molecule has 2 aromatic carbocycles. The summed E-state index contributed by atoms with van der Waals surface area (Å²) in [5.41, 5.74) is 9.91. The number of nitrogens with zero attached hydrogens (tertiary/aromatic N) is 2. The van der Waals surface area contributed by atoms with Gasteiger partial charge in [-0.2, -0.15) is 0 Å². The van der Waals surface area contributed by atoms with Gasteiger partial charge in [-0.15, -0.1) is 0 Å². The number of benzene rings is 2. The van der Waals surface area contributed by atoms with Crippen molar-refractivity contribution >= 4 is 23.1 Å². The minimum Gasteiger partial charge on any atom is -0.495 e. The molecule has 27 heavy (non-hydrogen) atoms. The van der Waals surface area contributed by atoms with Gasteiger partial charge in [-0.3, -0.25) is 4.79 Å². The maximum absolute atomic E-state index is 13.0. The third-order valence-corrected chi connectivity index (χ3v) is 4.56. The number of amides is 1. The van der Waals surface area contributed by atoms with E-state index < -0.39 is 0 Å². The summed E-state index contributed by atoms with van der Waals surface area (Å²) in [6, 6.07) is 18.9. The average molecular weight is 360 g/mol. The number of carbonyl (C=O) groups is 1. The molecule has 1 aliphatic rings. The number of nitrogens with one attached hydrogen (secondary N) is 1. The third kappa shape index (κ3) is 3.42. The number of anilines is 3. The second-order valence-corrected chi connectivity index (χ2v) is 6.43. The van der Waals surface area contributed by atoms with Crippen LogP contribution in [-0.4, -0.2) is 22.9 Å². The fourth-order valence-electron chi connectivity index (χ4n) is 3.25. The second kappa shape index (κ2) is 6.99. The van der Waals surface area contributed by atoms with Crippen LogP contribution in [0.1, 0.15) is 21.6 Å². The molecule has 0 saturated heterocycles. The zero-order valence-corrected chi connectivity index (χ0v) is 15.0. The SMILES string of the molecule is COc1ccccc1Nc1cc(N)cc(C(=O)N2Cc3ccccc3C2)n1. The van der Waals surface area contributed by atoms with Crippen molar-refractivity contribution in [2.75, 3.05) is 18.2 Å². The molecule has 0 unspecified atom stereocenters. The quantitative estimate of drug-likeness (QED) is 0.743. The lowest BCUT2D eigenvalue weighted by atomic mass is 10.1. The summed E-state index contributed by atoms with van der Waals surface area (Å²) in [6.45, 7) is 1.17. The van der Waals surface area contributed by atoms with Crippen LogP contribution in [0.3, 0.4) is 0 Å². The molecular formula is C21H20N4O2. The first-order valence-corrected chi connectivity index (χ1v) is 8.67. The number of rotatable bonds is 4. The van der Waals surface area contributed by atoms with Crippen molar-refractivity contribution in [2.45, 2.75) is 13.1 Å². The highest BCUT2D eigenvalue weighted by molar-refractivity contribution is 5.94. The minimum atomic E-state index is -0.137. The van der Waals surface area contributed by atoms with Gasteiger partial charge in [0, 0.05) is 24.8 Å². The van der Waals surface area contributed by atoms with Crippen LogP contribution < -0.4 is 15.8 Å². The smallest absolute Gasteiger partial charge is 0.273 e. The number of para-hydroxylation sites is 2.